The molecule has 0 fully saturated rings. The van der Waals surface area contributed by atoms with E-state index in [2.05, 4.69) is 32.2 Å². The molecule has 42 heavy (non-hydrogen) atoms. The van der Waals surface area contributed by atoms with Gasteiger partial charge < -0.3 is 29.7 Å². The van der Waals surface area contributed by atoms with E-state index in [1.807, 2.05) is 30.6 Å². The molecule has 14 heteroatoms. The fourth-order valence-electron chi connectivity index (χ4n) is 4.12. The highest BCUT2D eigenvalue weighted by Gasteiger charge is 2.30. The van der Waals surface area contributed by atoms with E-state index in [1.165, 1.54) is 24.4 Å². The average Bonchev–Trinajstić information content (AvgIpc) is 3.26. The van der Waals surface area contributed by atoms with Crippen LogP contribution in [0.25, 0.3) is 22.2 Å². The number of rotatable bonds is 11. The third-order valence-electron chi connectivity index (χ3n) is 6.16. The Morgan fingerprint density at radius 1 is 1.12 bits per heavy atom. The van der Waals surface area contributed by atoms with Crippen LogP contribution in [0.4, 0.5) is 40.7 Å². The van der Waals surface area contributed by atoms with Crippen LogP contribution in [-0.2, 0) is 11.8 Å². The summed E-state index contributed by atoms with van der Waals surface area (Å²) in [6.07, 6.45) is -0.330. The van der Waals surface area contributed by atoms with E-state index in [4.69, 9.17) is 4.74 Å². The number of benzene rings is 1. The van der Waals surface area contributed by atoms with Crippen LogP contribution >= 0.6 is 0 Å². The molecule has 0 radical (unpaired) electrons. The Morgan fingerprint density at radius 3 is 2.57 bits per heavy atom. The number of nitrogens with one attached hydrogen (secondary N) is 2. The SMILES string of the molecule is C=CC(=O)Nc1cc(Nc2nccc(-c3cn(C)c4ccc(F)cc34)n2)c(OCC(F)(F)F)nc1N(C)CCN(C)C. The number of hydrogen-bond acceptors (Lipinski definition) is 8. The van der Waals surface area contributed by atoms with Crippen molar-refractivity contribution in [1.82, 2.24) is 24.4 Å². The summed E-state index contributed by atoms with van der Waals surface area (Å²) in [4.78, 5) is 28.9. The van der Waals surface area contributed by atoms with Crippen LogP contribution in [0.2, 0.25) is 0 Å². The molecule has 0 saturated carbocycles. The van der Waals surface area contributed by atoms with Crippen LogP contribution in [0.3, 0.4) is 0 Å². The van der Waals surface area contributed by atoms with Gasteiger partial charge in [0.25, 0.3) is 0 Å². The molecule has 0 spiro atoms. The summed E-state index contributed by atoms with van der Waals surface area (Å²) in [7, 11) is 7.25. The van der Waals surface area contributed by atoms with E-state index in [0.717, 1.165) is 11.6 Å². The number of anilines is 4. The zero-order valence-electron chi connectivity index (χ0n) is 23.5. The molecule has 0 bridgehead atoms. The second kappa shape index (κ2) is 12.4. The molecule has 4 aromatic rings. The Balaban J connectivity index is 1.77. The number of carbonyl (C=O) groups excluding carboxylic acids is 1. The number of alkyl halides is 3. The quantitative estimate of drug-likeness (QED) is 0.188. The molecule has 2 N–H and O–H groups in total. The van der Waals surface area contributed by atoms with E-state index in [9.17, 15) is 22.4 Å². The first-order chi connectivity index (χ1) is 19.8. The summed E-state index contributed by atoms with van der Waals surface area (Å²) < 4.78 is 60.4. The second-order valence-electron chi connectivity index (χ2n) is 9.74. The average molecular weight is 587 g/mol. The Kier molecular flexibility index (Phi) is 8.95. The van der Waals surface area contributed by atoms with Crippen LogP contribution in [0.1, 0.15) is 0 Å². The van der Waals surface area contributed by atoms with Gasteiger partial charge in [-0.2, -0.15) is 18.2 Å². The van der Waals surface area contributed by atoms with Crippen molar-refractivity contribution >= 4 is 40.0 Å². The lowest BCUT2D eigenvalue weighted by Gasteiger charge is -2.25. The van der Waals surface area contributed by atoms with Crippen molar-refractivity contribution in [2.24, 2.45) is 7.05 Å². The summed E-state index contributed by atoms with van der Waals surface area (Å²) in [5, 5.41) is 6.14. The van der Waals surface area contributed by atoms with Gasteiger partial charge in [-0.25, -0.2) is 14.4 Å². The highest BCUT2D eigenvalue weighted by Crippen LogP contribution is 2.36. The number of likely N-dealkylation sites (N-methyl/N-ethyl adjacent to an activating group) is 2. The van der Waals surface area contributed by atoms with Crippen molar-refractivity contribution in [1.29, 1.82) is 0 Å². The summed E-state index contributed by atoms with van der Waals surface area (Å²) in [5.74, 6) is -1.15. The maximum absolute atomic E-state index is 14.0. The summed E-state index contributed by atoms with van der Waals surface area (Å²) in [6.45, 7) is 2.90. The number of hydrogen-bond donors (Lipinski definition) is 2. The topological polar surface area (TPSA) is 100 Å². The van der Waals surface area contributed by atoms with Gasteiger partial charge >= 0.3 is 6.18 Å². The molecule has 1 amide bonds. The molecule has 0 aliphatic heterocycles. The number of fused-ring (bicyclic) bond motifs is 1. The van der Waals surface area contributed by atoms with E-state index >= 15 is 0 Å². The minimum atomic E-state index is -4.63. The predicted molar refractivity (Wildman–Crippen MR) is 154 cm³/mol. The molecule has 0 atom stereocenters. The Morgan fingerprint density at radius 2 is 1.88 bits per heavy atom. The summed E-state index contributed by atoms with van der Waals surface area (Å²) >= 11 is 0. The van der Waals surface area contributed by atoms with Gasteiger partial charge in [-0.15, -0.1) is 0 Å². The molecule has 3 aromatic heterocycles. The number of nitrogens with zero attached hydrogens (tertiary/aromatic N) is 6. The molecule has 3 heterocycles. The first kappa shape index (κ1) is 30.2. The molecule has 10 nitrogen and oxygen atoms in total. The van der Waals surface area contributed by atoms with E-state index in [0.29, 0.717) is 29.7 Å². The monoisotopic (exact) mass is 586 g/mol. The van der Waals surface area contributed by atoms with Gasteiger partial charge in [-0.1, -0.05) is 6.58 Å². The summed E-state index contributed by atoms with van der Waals surface area (Å²) in [6, 6.07) is 7.43. The minimum Gasteiger partial charge on any atom is -0.466 e. The van der Waals surface area contributed by atoms with Gasteiger partial charge in [-0.05, 0) is 50.5 Å². The molecular formula is C28H30F4N8O2. The van der Waals surface area contributed by atoms with Crippen molar-refractivity contribution in [2.45, 2.75) is 6.18 Å². The largest absolute Gasteiger partial charge is 0.466 e. The van der Waals surface area contributed by atoms with Crippen molar-refractivity contribution < 1.29 is 27.1 Å². The number of aryl methyl sites for hydroxylation is 1. The first-order valence-corrected chi connectivity index (χ1v) is 12.7. The van der Waals surface area contributed by atoms with E-state index < -0.39 is 24.5 Å². The molecule has 1 aromatic carbocycles. The zero-order chi connectivity index (χ0) is 30.6. The number of aromatic nitrogens is 4. The van der Waals surface area contributed by atoms with Crippen molar-refractivity contribution in [3.8, 4) is 17.1 Å². The van der Waals surface area contributed by atoms with Gasteiger partial charge in [-0.3, -0.25) is 4.79 Å². The minimum absolute atomic E-state index is 0.00859. The van der Waals surface area contributed by atoms with Gasteiger partial charge in [0.1, 0.15) is 11.5 Å². The highest BCUT2D eigenvalue weighted by molar-refractivity contribution is 6.01. The lowest BCUT2D eigenvalue weighted by Crippen LogP contribution is -2.30. The number of pyridine rings is 1. The highest BCUT2D eigenvalue weighted by atomic mass is 19.4. The number of carbonyl (C=O) groups is 1. The van der Waals surface area contributed by atoms with Gasteiger partial charge in [0.15, 0.2) is 12.4 Å². The van der Waals surface area contributed by atoms with Crippen LogP contribution in [-0.4, -0.2) is 77.3 Å². The van der Waals surface area contributed by atoms with Gasteiger partial charge in [0.2, 0.25) is 17.7 Å². The molecule has 0 aliphatic carbocycles. The molecular weight excluding hydrogens is 556 g/mol. The number of amides is 1. The molecule has 0 saturated heterocycles. The fourth-order valence-corrected chi connectivity index (χ4v) is 4.12. The normalized spacial score (nSPS) is 11.5. The van der Waals surface area contributed by atoms with E-state index in [1.54, 1.807) is 30.3 Å². The third-order valence-corrected chi connectivity index (χ3v) is 6.16. The smallest absolute Gasteiger partial charge is 0.422 e. The predicted octanol–water partition coefficient (Wildman–Crippen LogP) is 4.98. The Labute approximate surface area is 239 Å². The van der Waals surface area contributed by atoms with Crippen LogP contribution in [0.5, 0.6) is 5.88 Å². The van der Waals surface area contributed by atoms with Crippen molar-refractivity contribution in [3.05, 3.63) is 61.2 Å². The molecule has 222 valence electrons. The van der Waals surface area contributed by atoms with Crippen LogP contribution in [0, 0.1) is 5.82 Å². The fraction of sp³-hybridized carbons (Fsp3) is 0.286. The zero-order valence-corrected chi connectivity index (χ0v) is 23.5. The van der Waals surface area contributed by atoms with Crippen molar-refractivity contribution in [3.63, 3.8) is 0 Å². The number of ether oxygens (including phenoxy) is 1. The lowest BCUT2D eigenvalue weighted by molar-refractivity contribution is -0.153. The standard InChI is InChI=1S/C28H30F4N8O2/c1-6-24(41)34-21-14-22(26(42-16-28(30,31)32)37-25(21)39(4)12-11-38(2)3)36-27-33-10-9-20(35-27)19-15-40(5)23-8-7-17(29)13-18(19)23/h6-10,13-15H,1,11-12,16H2,2-5H3,(H,34,41)(H,33,35,36). The van der Waals surface area contributed by atoms with Crippen molar-refractivity contribution in [2.75, 3.05) is 56.4 Å². The Bertz CT molecular complexity index is 1600. The molecule has 0 unspecified atom stereocenters. The van der Waals surface area contributed by atoms with Gasteiger partial charge in [0, 0.05) is 56.0 Å². The maximum atomic E-state index is 14.0. The molecule has 4 rings (SSSR count). The Hall–Kier alpha value is -4.72. The first-order valence-electron chi connectivity index (χ1n) is 12.7. The molecule has 0 aliphatic rings. The summed E-state index contributed by atoms with van der Waals surface area (Å²) in [5.41, 5.74) is 2.02. The van der Waals surface area contributed by atoms with Crippen LogP contribution < -0.4 is 20.3 Å². The van der Waals surface area contributed by atoms with E-state index in [-0.39, 0.29) is 29.0 Å². The lowest BCUT2D eigenvalue weighted by atomic mass is 10.1. The third kappa shape index (κ3) is 7.32. The van der Waals surface area contributed by atoms with Gasteiger partial charge in [0.05, 0.1) is 11.4 Å². The number of halogens is 4. The second-order valence-corrected chi connectivity index (χ2v) is 9.74. The van der Waals surface area contributed by atoms with Crippen LogP contribution in [0.15, 0.2) is 55.4 Å². The maximum Gasteiger partial charge on any atom is 0.422 e.